The summed E-state index contributed by atoms with van der Waals surface area (Å²) in [7, 11) is 5.55. The molecule has 0 radical (unpaired) electrons. The number of hydrogen-bond acceptors (Lipinski definition) is 6. The number of aromatic nitrogens is 3. The van der Waals surface area contributed by atoms with Crippen molar-refractivity contribution in [3.63, 3.8) is 0 Å². The second-order valence-corrected chi connectivity index (χ2v) is 7.25. The zero-order valence-electron chi connectivity index (χ0n) is 15.9. The predicted octanol–water partition coefficient (Wildman–Crippen LogP) is 2.49. The number of nitrogens with zero attached hydrogens (tertiary/aromatic N) is 6. The van der Waals surface area contributed by atoms with E-state index in [9.17, 15) is 9.18 Å². The lowest BCUT2D eigenvalue weighted by molar-refractivity contribution is -0.127. The molecule has 0 bridgehead atoms. The van der Waals surface area contributed by atoms with Crippen LogP contribution in [0.25, 0.3) is 5.69 Å². The van der Waals surface area contributed by atoms with Crippen LogP contribution >= 0.6 is 11.8 Å². The maximum absolute atomic E-state index is 13.3. The molecule has 0 aliphatic heterocycles. The number of amides is 1. The van der Waals surface area contributed by atoms with E-state index in [1.54, 1.807) is 19.2 Å². The van der Waals surface area contributed by atoms with Gasteiger partial charge in [0, 0.05) is 19.3 Å². The number of thioether (sulfide) groups is 1. The van der Waals surface area contributed by atoms with Crippen LogP contribution in [0.3, 0.4) is 0 Å². The minimum atomic E-state index is -0.322. The number of nitriles is 1. The van der Waals surface area contributed by atoms with Crippen molar-refractivity contribution in [3.8, 4) is 11.8 Å². The summed E-state index contributed by atoms with van der Waals surface area (Å²) in [6.45, 7) is 2.39. The second-order valence-electron chi connectivity index (χ2n) is 6.30. The normalized spacial score (nSPS) is 12.0. The first-order valence-electron chi connectivity index (χ1n) is 8.46. The van der Waals surface area contributed by atoms with Crippen LogP contribution in [0.2, 0.25) is 0 Å². The summed E-state index contributed by atoms with van der Waals surface area (Å²) in [4.78, 5) is 15.8. The van der Waals surface area contributed by atoms with Crippen molar-refractivity contribution < 1.29 is 9.18 Å². The van der Waals surface area contributed by atoms with Gasteiger partial charge in [0.05, 0.1) is 24.3 Å². The van der Waals surface area contributed by atoms with Crippen LogP contribution in [0.4, 0.5) is 4.39 Å². The van der Waals surface area contributed by atoms with Crippen LogP contribution in [-0.2, 0) is 4.79 Å². The second kappa shape index (κ2) is 9.48. The Bertz CT molecular complexity index is 814. The summed E-state index contributed by atoms with van der Waals surface area (Å²) < 4.78 is 15.2. The number of benzene rings is 1. The van der Waals surface area contributed by atoms with Crippen molar-refractivity contribution in [2.75, 3.05) is 33.4 Å². The SMILES string of the molecule is C[C@H](c1nnc(SCC(=O)N(C)CCC#N)n1-c1ccc(F)cc1)N(C)C. The molecule has 2 rings (SSSR count). The highest BCUT2D eigenvalue weighted by atomic mass is 32.2. The summed E-state index contributed by atoms with van der Waals surface area (Å²) in [5, 5.41) is 17.7. The third-order valence-corrected chi connectivity index (χ3v) is 5.11. The fraction of sp³-hybridized carbons (Fsp3) is 0.444. The van der Waals surface area contributed by atoms with Crippen LogP contribution in [0.5, 0.6) is 0 Å². The summed E-state index contributed by atoms with van der Waals surface area (Å²) >= 11 is 1.27. The Morgan fingerprint density at radius 1 is 1.30 bits per heavy atom. The molecule has 1 aromatic carbocycles. The van der Waals surface area contributed by atoms with Crippen molar-refractivity contribution in [2.45, 2.75) is 24.5 Å². The molecule has 7 nitrogen and oxygen atoms in total. The Balaban J connectivity index is 2.27. The molecule has 0 aliphatic rings. The van der Waals surface area contributed by atoms with Gasteiger partial charge in [-0.2, -0.15) is 5.26 Å². The van der Waals surface area contributed by atoms with Crippen LogP contribution < -0.4 is 0 Å². The van der Waals surface area contributed by atoms with Crippen molar-refractivity contribution in [1.82, 2.24) is 24.6 Å². The maximum Gasteiger partial charge on any atom is 0.232 e. The molecule has 1 aromatic heterocycles. The van der Waals surface area contributed by atoms with Crippen LogP contribution in [0.15, 0.2) is 29.4 Å². The van der Waals surface area contributed by atoms with Crippen molar-refractivity contribution in [3.05, 3.63) is 35.9 Å². The molecule has 1 atom stereocenters. The summed E-state index contributed by atoms with van der Waals surface area (Å²) in [5.74, 6) is 0.473. The van der Waals surface area contributed by atoms with Gasteiger partial charge in [0.25, 0.3) is 0 Å². The first kappa shape index (κ1) is 20.9. The van der Waals surface area contributed by atoms with Gasteiger partial charge in [0.15, 0.2) is 11.0 Å². The van der Waals surface area contributed by atoms with Crippen LogP contribution in [0.1, 0.15) is 25.2 Å². The van der Waals surface area contributed by atoms with Crippen molar-refractivity contribution in [2.24, 2.45) is 0 Å². The van der Waals surface area contributed by atoms with Crippen molar-refractivity contribution in [1.29, 1.82) is 5.26 Å². The van der Waals surface area contributed by atoms with Gasteiger partial charge in [-0.15, -0.1) is 10.2 Å². The van der Waals surface area contributed by atoms with Gasteiger partial charge < -0.3 is 4.90 Å². The van der Waals surface area contributed by atoms with E-state index in [2.05, 4.69) is 10.2 Å². The quantitative estimate of drug-likeness (QED) is 0.645. The van der Waals surface area contributed by atoms with E-state index >= 15 is 0 Å². The molecular weight excluding hydrogens is 367 g/mol. The molecule has 0 spiro atoms. The number of hydrogen-bond donors (Lipinski definition) is 0. The molecule has 144 valence electrons. The van der Waals surface area contributed by atoms with Gasteiger partial charge in [-0.3, -0.25) is 14.3 Å². The number of carbonyl (C=O) groups excluding carboxylic acids is 1. The zero-order valence-corrected chi connectivity index (χ0v) is 16.7. The number of halogens is 1. The molecular formula is C18H23FN6OS. The van der Waals surface area contributed by atoms with E-state index in [1.807, 2.05) is 36.6 Å². The molecule has 0 saturated carbocycles. The van der Waals surface area contributed by atoms with E-state index in [0.717, 1.165) is 5.69 Å². The van der Waals surface area contributed by atoms with Crippen LogP contribution in [0, 0.1) is 17.1 Å². The molecule has 9 heteroatoms. The third-order valence-electron chi connectivity index (χ3n) is 4.20. The fourth-order valence-electron chi connectivity index (χ4n) is 2.29. The van der Waals surface area contributed by atoms with Gasteiger partial charge in [-0.25, -0.2) is 4.39 Å². The monoisotopic (exact) mass is 390 g/mol. The van der Waals surface area contributed by atoms with E-state index in [-0.39, 0.29) is 23.5 Å². The van der Waals surface area contributed by atoms with Gasteiger partial charge in [0.1, 0.15) is 5.82 Å². The smallest absolute Gasteiger partial charge is 0.232 e. The van der Waals surface area contributed by atoms with E-state index in [1.165, 1.54) is 28.8 Å². The molecule has 27 heavy (non-hydrogen) atoms. The van der Waals surface area contributed by atoms with Gasteiger partial charge in [-0.1, -0.05) is 11.8 Å². The van der Waals surface area contributed by atoms with Crippen LogP contribution in [-0.4, -0.2) is 63.9 Å². The third kappa shape index (κ3) is 5.28. The maximum atomic E-state index is 13.3. The Hall–Kier alpha value is -2.44. The Morgan fingerprint density at radius 3 is 2.56 bits per heavy atom. The highest BCUT2D eigenvalue weighted by molar-refractivity contribution is 7.99. The molecule has 2 aromatic rings. The molecule has 1 heterocycles. The Labute approximate surface area is 162 Å². The largest absolute Gasteiger partial charge is 0.344 e. The highest BCUT2D eigenvalue weighted by Crippen LogP contribution is 2.27. The average molecular weight is 390 g/mol. The standard InChI is InChI=1S/C18H23FN6OS/c1-13(23(2)3)17-21-22-18(25(17)15-8-6-14(19)7-9-15)27-12-16(26)24(4)11-5-10-20/h6-9,13H,5,11-12H2,1-4H3/t13-/m1/s1. The van der Waals surface area contributed by atoms with E-state index < -0.39 is 0 Å². The lowest BCUT2D eigenvalue weighted by Gasteiger charge is -2.20. The van der Waals surface area contributed by atoms with Gasteiger partial charge in [-0.05, 0) is 45.3 Å². The topological polar surface area (TPSA) is 78.0 Å². The Kier molecular flexibility index (Phi) is 7.33. The molecule has 0 N–H and O–H groups in total. The van der Waals surface area contributed by atoms with Crippen molar-refractivity contribution >= 4 is 17.7 Å². The fourth-order valence-corrected chi connectivity index (χ4v) is 3.19. The first-order valence-corrected chi connectivity index (χ1v) is 9.45. The first-order chi connectivity index (χ1) is 12.8. The Morgan fingerprint density at radius 2 is 1.96 bits per heavy atom. The molecule has 0 saturated heterocycles. The zero-order chi connectivity index (χ0) is 20.0. The summed E-state index contributed by atoms with van der Waals surface area (Å²) in [6, 6.07) is 8.10. The van der Waals surface area contributed by atoms with E-state index in [4.69, 9.17) is 5.26 Å². The van der Waals surface area contributed by atoms with E-state index in [0.29, 0.717) is 23.9 Å². The minimum absolute atomic E-state index is 0.0223. The molecule has 0 fully saturated rings. The minimum Gasteiger partial charge on any atom is -0.344 e. The molecule has 0 unspecified atom stereocenters. The van der Waals surface area contributed by atoms with Gasteiger partial charge >= 0.3 is 0 Å². The summed E-state index contributed by atoms with van der Waals surface area (Å²) in [5.41, 5.74) is 0.734. The average Bonchev–Trinajstić information content (AvgIpc) is 3.07. The highest BCUT2D eigenvalue weighted by Gasteiger charge is 2.22. The summed E-state index contributed by atoms with van der Waals surface area (Å²) in [6.07, 6.45) is 0.295. The lowest BCUT2D eigenvalue weighted by Crippen LogP contribution is -2.29. The number of carbonyl (C=O) groups is 1. The lowest BCUT2D eigenvalue weighted by atomic mass is 10.2. The number of rotatable bonds is 8. The molecule has 1 amide bonds. The van der Waals surface area contributed by atoms with Gasteiger partial charge in [0.2, 0.25) is 5.91 Å². The predicted molar refractivity (Wildman–Crippen MR) is 102 cm³/mol. The molecule has 0 aliphatic carbocycles.